The van der Waals surface area contributed by atoms with Gasteiger partial charge < -0.3 is 24.2 Å². The normalized spacial score (nSPS) is 32.1. The lowest BCUT2D eigenvalue weighted by molar-refractivity contribution is 0.0131. The number of carbonyl (C=O) groups is 2. The Labute approximate surface area is 301 Å². The molecule has 1 saturated carbocycles. The fraction of sp³-hybridized carbons (Fsp3) is 0.579. The lowest BCUT2D eigenvalue weighted by Crippen LogP contribution is -2.62. The molecule has 1 N–H and O–H groups in total. The van der Waals surface area contributed by atoms with E-state index in [-0.39, 0.29) is 29.2 Å². The van der Waals surface area contributed by atoms with Crippen LogP contribution in [0.5, 0.6) is 5.75 Å². The van der Waals surface area contributed by atoms with Gasteiger partial charge in [0.25, 0.3) is 5.91 Å². The summed E-state index contributed by atoms with van der Waals surface area (Å²) in [6, 6.07) is 11.4. The molecule has 0 unspecified atom stereocenters. The van der Waals surface area contributed by atoms with E-state index in [9.17, 15) is 13.8 Å². The van der Waals surface area contributed by atoms with Crippen molar-refractivity contribution in [2.24, 2.45) is 22.1 Å². The molecule has 7 rings (SSSR count). The first-order chi connectivity index (χ1) is 24.0. The van der Waals surface area contributed by atoms with Crippen LogP contribution in [0.3, 0.4) is 0 Å². The number of fused-ring (bicyclic) bond motifs is 4. The third kappa shape index (κ3) is 7.03. The number of hydrogen-bond donors (Lipinski definition) is 1. The standard InChI is InChI=1S/C38H50ClN5O5S/c1-25-7-5-9-34(48-4)31-13-10-28(31)19-44-23-38(16-6-8-26-17-29(39)12-14-32(26)38)24-49-35-15-11-27(18-33(35)44)36(45)40-50(47,22-25)41-37(46)43-20-30(21-43)42(2)3/h5,9,11-12,14-15,17-18,25,28,30-31,34H,6-8,10,13,16,19-24H2,1-4H3,(H,40,41,45,46,47)/b9-5+/t25-,28-,31+,34-,38-,50-/m0/s1. The number of rotatable bonds is 3. The van der Waals surface area contributed by atoms with Gasteiger partial charge in [-0.2, -0.15) is 0 Å². The van der Waals surface area contributed by atoms with Crippen molar-refractivity contribution in [2.45, 2.75) is 63.0 Å². The van der Waals surface area contributed by atoms with Crippen LogP contribution >= 0.6 is 11.6 Å². The van der Waals surface area contributed by atoms with E-state index in [4.69, 9.17) is 21.1 Å². The molecule has 2 fully saturated rings. The predicted octanol–water partition coefficient (Wildman–Crippen LogP) is 5.93. The summed E-state index contributed by atoms with van der Waals surface area (Å²) in [7, 11) is 2.27. The van der Waals surface area contributed by atoms with Crippen LogP contribution < -0.4 is 14.4 Å². The lowest BCUT2D eigenvalue weighted by Gasteiger charge is -2.46. The number of ether oxygens (including phenoxy) is 2. The van der Waals surface area contributed by atoms with E-state index in [0.717, 1.165) is 61.7 Å². The third-order valence-electron chi connectivity index (χ3n) is 11.6. The van der Waals surface area contributed by atoms with E-state index in [0.29, 0.717) is 43.5 Å². The third-order valence-corrected chi connectivity index (χ3v) is 13.9. The lowest BCUT2D eigenvalue weighted by atomic mass is 9.68. The van der Waals surface area contributed by atoms with Gasteiger partial charge in [0.15, 0.2) is 0 Å². The SMILES string of the molecule is CO[C@H]1/C=C/C[C@H](C)C[S@@](=O)(NC(=O)N2CC(N(C)C)C2)=NC(=O)c2ccc3c(c2)N(C[C@@H]2CC[C@H]21)C[C@@]1(CCCc2cc(Cl)ccc21)CO3. The summed E-state index contributed by atoms with van der Waals surface area (Å²) in [6.07, 6.45) is 10.0. The van der Waals surface area contributed by atoms with Crippen molar-refractivity contribution in [3.05, 3.63) is 70.3 Å². The van der Waals surface area contributed by atoms with Gasteiger partial charge in [-0.1, -0.05) is 36.7 Å². The van der Waals surface area contributed by atoms with Gasteiger partial charge in [-0.05, 0) is 112 Å². The molecule has 2 aromatic carbocycles. The van der Waals surface area contributed by atoms with Gasteiger partial charge in [-0.25, -0.2) is 9.00 Å². The summed E-state index contributed by atoms with van der Waals surface area (Å²) < 4.78 is 34.2. The Balaban J connectivity index is 1.27. The van der Waals surface area contributed by atoms with E-state index >= 15 is 0 Å². The number of urea groups is 1. The molecule has 0 aromatic heterocycles. The number of nitrogens with one attached hydrogen (secondary N) is 1. The average Bonchev–Trinajstić information content (AvgIpc) is 3.17. The van der Waals surface area contributed by atoms with E-state index in [1.807, 2.05) is 39.2 Å². The second-order valence-electron chi connectivity index (χ2n) is 15.4. The predicted molar refractivity (Wildman–Crippen MR) is 197 cm³/mol. The van der Waals surface area contributed by atoms with Crippen LogP contribution in [0.4, 0.5) is 10.5 Å². The summed E-state index contributed by atoms with van der Waals surface area (Å²) in [6.45, 7) is 5.07. The molecule has 2 aliphatic carbocycles. The second-order valence-corrected chi connectivity index (χ2v) is 17.8. The quantitative estimate of drug-likeness (QED) is 0.392. The van der Waals surface area contributed by atoms with Crippen molar-refractivity contribution in [3.8, 4) is 5.75 Å². The van der Waals surface area contributed by atoms with Gasteiger partial charge in [-0.15, -0.1) is 4.36 Å². The Morgan fingerprint density at radius 3 is 2.72 bits per heavy atom. The number of anilines is 1. The number of hydrogen-bond acceptors (Lipinski definition) is 7. The highest BCUT2D eigenvalue weighted by Crippen LogP contribution is 2.47. The van der Waals surface area contributed by atoms with Crippen molar-refractivity contribution in [1.29, 1.82) is 0 Å². The van der Waals surface area contributed by atoms with Crippen LogP contribution in [-0.2, 0) is 26.5 Å². The van der Waals surface area contributed by atoms with Gasteiger partial charge in [0.2, 0.25) is 0 Å². The first kappa shape index (κ1) is 35.3. The maximum Gasteiger partial charge on any atom is 0.329 e. The fourth-order valence-corrected chi connectivity index (χ4v) is 10.6. The fourth-order valence-electron chi connectivity index (χ4n) is 8.52. The number of likely N-dealkylation sites (N-methyl/N-ethyl adjacent to an activating group) is 1. The molecule has 270 valence electrons. The largest absolute Gasteiger partial charge is 0.490 e. The van der Waals surface area contributed by atoms with Crippen molar-refractivity contribution in [1.82, 2.24) is 14.5 Å². The Hall–Kier alpha value is -3.12. The summed E-state index contributed by atoms with van der Waals surface area (Å²) in [5, 5.41) is 0.747. The van der Waals surface area contributed by atoms with E-state index in [1.165, 1.54) is 11.1 Å². The van der Waals surface area contributed by atoms with Crippen LogP contribution in [0, 0.1) is 17.8 Å². The minimum atomic E-state index is -3.45. The number of amides is 3. The zero-order valence-electron chi connectivity index (χ0n) is 29.6. The number of benzene rings is 2. The Kier molecular flexibility index (Phi) is 9.97. The van der Waals surface area contributed by atoms with Gasteiger partial charge >= 0.3 is 6.03 Å². The van der Waals surface area contributed by atoms with Crippen molar-refractivity contribution in [2.75, 3.05) is 64.6 Å². The molecule has 3 aliphatic heterocycles. The average molecular weight is 724 g/mol. The Morgan fingerprint density at radius 2 is 1.98 bits per heavy atom. The summed E-state index contributed by atoms with van der Waals surface area (Å²) in [4.78, 5) is 33.3. The second kappa shape index (κ2) is 14.1. The van der Waals surface area contributed by atoms with Crippen LogP contribution in [0.15, 0.2) is 52.9 Å². The number of aryl methyl sites for hydroxylation is 1. The number of halogens is 1. The molecule has 3 amide bonds. The minimum Gasteiger partial charge on any atom is -0.490 e. The topological polar surface area (TPSA) is 104 Å². The number of allylic oxidation sites excluding steroid dienone is 1. The van der Waals surface area contributed by atoms with Gasteiger partial charge in [0.05, 0.1) is 24.2 Å². The van der Waals surface area contributed by atoms with Crippen molar-refractivity contribution >= 4 is 39.1 Å². The maximum absolute atomic E-state index is 14.5. The summed E-state index contributed by atoms with van der Waals surface area (Å²) in [5.41, 5.74) is 3.47. The smallest absolute Gasteiger partial charge is 0.329 e. The van der Waals surface area contributed by atoms with Gasteiger partial charge in [0, 0.05) is 55.3 Å². The van der Waals surface area contributed by atoms with Crippen molar-refractivity contribution < 1.29 is 23.3 Å². The number of nitrogens with zero attached hydrogens (tertiary/aromatic N) is 4. The first-order valence-corrected chi connectivity index (χ1v) is 20.0. The van der Waals surface area contributed by atoms with Crippen LogP contribution in [0.1, 0.15) is 60.5 Å². The molecular weight excluding hydrogens is 674 g/mol. The van der Waals surface area contributed by atoms with Crippen LogP contribution in [0.2, 0.25) is 5.02 Å². The molecule has 6 atom stereocenters. The summed E-state index contributed by atoms with van der Waals surface area (Å²) >= 11 is 6.46. The molecule has 10 nitrogen and oxygen atoms in total. The summed E-state index contributed by atoms with van der Waals surface area (Å²) in [5.74, 6) is 0.805. The highest BCUT2D eigenvalue weighted by atomic mass is 35.5. The molecule has 5 aliphatic rings. The zero-order chi connectivity index (χ0) is 35.2. The zero-order valence-corrected chi connectivity index (χ0v) is 31.2. The molecule has 2 aromatic rings. The van der Waals surface area contributed by atoms with Crippen LogP contribution in [-0.4, -0.2) is 97.8 Å². The van der Waals surface area contributed by atoms with E-state index < -0.39 is 21.9 Å². The van der Waals surface area contributed by atoms with E-state index in [2.05, 4.69) is 43.2 Å². The molecular formula is C38H50ClN5O5S. The number of methoxy groups -OCH3 is 1. The molecule has 1 saturated heterocycles. The van der Waals surface area contributed by atoms with Crippen molar-refractivity contribution in [3.63, 3.8) is 0 Å². The molecule has 12 heteroatoms. The van der Waals surface area contributed by atoms with E-state index in [1.54, 1.807) is 18.1 Å². The van der Waals surface area contributed by atoms with Gasteiger partial charge in [0.1, 0.15) is 15.7 Å². The molecule has 50 heavy (non-hydrogen) atoms. The first-order valence-electron chi connectivity index (χ1n) is 18.0. The number of likely N-dealkylation sites (tertiary alicyclic amines) is 1. The number of carbonyl (C=O) groups excluding carboxylic acids is 2. The highest BCUT2D eigenvalue weighted by molar-refractivity contribution is 7.92. The Bertz CT molecular complexity index is 1790. The molecule has 1 spiro atoms. The van der Waals surface area contributed by atoms with Crippen LogP contribution in [0.25, 0.3) is 0 Å². The Morgan fingerprint density at radius 1 is 1.16 bits per heavy atom. The molecule has 0 radical (unpaired) electrons. The molecule has 2 bridgehead atoms. The highest BCUT2D eigenvalue weighted by Gasteiger charge is 2.44. The maximum atomic E-state index is 14.5. The minimum absolute atomic E-state index is 0.0409. The van der Waals surface area contributed by atoms with Gasteiger partial charge in [-0.3, -0.25) is 9.52 Å². The molecule has 3 heterocycles. The monoisotopic (exact) mass is 723 g/mol.